The standard InChI is InChI=1S/C15H18N2/c1-12-11-17-9-8-14(12)10-15(16-2)13-6-4-3-5-7-13/h3-9,11,15-16H,10H2,1-2H3. The van der Waals surface area contributed by atoms with Gasteiger partial charge in [-0.15, -0.1) is 0 Å². The molecule has 88 valence electrons. The molecule has 0 bridgehead atoms. The lowest BCUT2D eigenvalue weighted by molar-refractivity contribution is 0.590. The summed E-state index contributed by atoms with van der Waals surface area (Å²) in [5.74, 6) is 0. The fourth-order valence-electron chi connectivity index (χ4n) is 2.02. The summed E-state index contributed by atoms with van der Waals surface area (Å²) in [6, 6.07) is 13.0. The fourth-order valence-corrected chi connectivity index (χ4v) is 2.02. The Morgan fingerprint density at radius 2 is 1.94 bits per heavy atom. The van der Waals surface area contributed by atoms with Crippen molar-refractivity contribution in [3.63, 3.8) is 0 Å². The van der Waals surface area contributed by atoms with Crippen LogP contribution in [0.4, 0.5) is 0 Å². The van der Waals surface area contributed by atoms with E-state index >= 15 is 0 Å². The first kappa shape index (κ1) is 11.8. The monoisotopic (exact) mass is 226 g/mol. The van der Waals surface area contributed by atoms with Crippen LogP contribution in [0.2, 0.25) is 0 Å². The van der Waals surface area contributed by atoms with Crippen molar-refractivity contribution < 1.29 is 0 Å². The van der Waals surface area contributed by atoms with Gasteiger partial charge in [0.25, 0.3) is 0 Å². The summed E-state index contributed by atoms with van der Waals surface area (Å²) >= 11 is 0. The Labute approximate surface area is 103 Å². The molecule has 0 amide bonds. The molecule has 0 aliphatic rings. The van der Waals surface area contributed by atoms with Gasteiger partial charge >= 0.3 is 0 Å². The molecule has 0 saturated carbocycles. The lowest BCUT2D eigenvalue weighted by atomic mass is 9.97. The molecule has 2 aromatic rings. The minimum atomic E-state index is 0.359. The van der Waals surface area contributed by atoms with Crippen LogP contribution in [-0.4, -0.2) is 12.0 Å². The Morgan fingerprint density at radius 3 is 2.59 bits per heavy atom. The molecule has 1 N–H and O–H groups in total. The minimum Gasteiger partial charge on any atom is -0.313 e. The van der Waals surface area contributed by atoms with Crippen molar-refractivity contribution >= 4 is 0 Å². The van der Waals surface area contributed by atoms with E-state index in [0.29, 0.717) is 6.04 Å². The van der Waals surface area contributed by atoms with E-state index in [4.69, 9.17) is 0 Å². The van der Waals surface area contributed by atoms with Gasteiger partial charge in [-0.3, -0.25) is 4.98 Å². The van der Waals surface area contributed by atoms with Crippen LogP contribution in [0, 0.1) is 6.92 Å². The third-order valence-corrected chi connectivity index (χ3v) is 3.11. The van der Waals surface area contributed by atoms with Crippen molar-refractivity contribution in [2.75, 3.05) is 7.05 Å². The predicted molar refractivity (Wildman–Crippen MR) is 70.9 cm³/mol. The highest BCUT2D eigenvalue weighted by atomic mass is 14.9. The number of pyridine rings is 1. The number of nitrogens with one attached hydrogen (secondary N) is 1. The molecule has 0 radical (unpaired) electrons. The minimum absolute atomic E-state index is 0.359. The molecule has 1 unspecified atom stereocenters. The second-order valence-electron chi connectivity index (χ2n) is 4.26. The van der Waals surface area contributed by atoms with E-state index in [1.54, 1.807) is 0 Å². The van der Waals surface area contributed by atoms with Crippen molar-refractivity contribution in [2.45, 2.75) is 19.4 Å². The van der Waals surface area contributed by atoms with Crippen molar-refractivity contribution in [3.8, 4) is 0 Å². The van der Waals surface area contributed by atoms with Crippen LogP contribution >= 0.6 is 0 Å². The van der Waals surface area contributed by atoms with Crippen molar-refractivity contribution in [3.05, 3.63) is 65.5 Å². The molecule has 0 spiro atoms. The molecule has 2 nitrogen and oxygen atoms in total. The summed E-state index contributed by atoms with van der Waals surface area (Å²) in [6.07, 6.45) is 4.78. The van der Waals surface area contributed by atoms with Gasteiger partial charge in [-0.25, -0.2) is 0 Å². The lowest BCUT2D eigenvalue weighted by Gasteiger charge is -2.17. The van der Waals surface area contributed by atoms with Gasteiger partial charge in [-0.1, -0.05) is 30.3 Å². The molecular weight excluding hydrogens is 208 g/mol. The maximum absolute atomic E-state index is 4.13. The molecule has 1 aromatic carbocycles. The number of rotatable bonds is 4. The summed E-state index contributed by atoms with van der Waals surface area (Å²) in [4.78, 5) is 4.13. The number of aromatic nitrogens is 1. The van der Waals surface area contributed by atoms with Crippen LogP contribution in [0.3, 0.4) is 0 Å². The van der Waals surface area contributed by atoms with Gasteiger partial charge in [-0.05, 0) is 43.1 Å². The summed E-state index contributed by atoms with van der Waals surface area (Å²) in [6.45, 7) is 2.11. The Balaban J connectivity index is 2.19. The van der Waals surface area contributed by atoms with Gasteiger partial charge < -0.3 is 5.32 Å². The maximum atomic E-state index is 4.13. The first-order valence-electron chi connectivity index (χ1n) is 5.93. The largest absolute Gasteiger partial charge is 0.313 e. The molecule has 0 aliphatic carbocycles. The second kappa shape index (κ2) is 5.60. The smallest absolute Gasteiger partial charge is 0.0358 e. The SMILES string of the molecule is CNC(Cc1ccncc1C)c1ccccc1. The third kappa shape index (κ3) is 2.92. The number of benzene rings is 1. The van der Waals surface area contributed by atoms with E-state index in [1.807, 2.05) is 25.5 Å². The summed E-state index contributed by atoms with van der Waals surface area (Å²) < 4.78 is 0. The number of likely N-dealkylation sites (N-methyl/N-ethyl adjacent to an activating group) is 1. The van der Waals surface area contributed by atoms with Crippen LogP contribution in [-0.2, 0) is 6.42 Å². The van der Waals surface area contributed by atoms with Crippen LogP contribution in [0.5, 0.6) is 0 Å². The van der Waals surface area contributed by atoms with Crippen molar-refractivity contribution in [1.29, 1.82) is 0 Å². The predicted octanol–water partition coefficient (Wildman–Crippen LogP) is 2.89. The summed E-state index contributed by atoms with van der Waals surface area (Å²) in [5, 5.41) is 3.37. The van der Waals surface area contributed by atoms with Crippen molar-refractivity contribution in [1.82, 2.24) is 10.3 Å². The van der Waals surface area contributed by atoms with E-state index in [2.05, 4.69) is 47.6 Å². The zero-order chi connectivity index (χ0) is 12.1. The molecular formula is C15H18N2. The summed E-state index contributed by atoms with van der Waals surface area (Å²) in [5.41, 5.74) is 3.93. The Kier molecular flexibility index (Phi) is 3.89. The molecule has 2 heteroatoms. The average molecular weight is 226 g/mol. The molecule has 1 aromatic heterocycles. The highest BCUT2D eigenvalue weighted by Crippen LogP contribution is 2.19. The van der Waals surface area contributed by atoms with E-state index < -0.39 is 0 Å². The molecule has 0 fully saturated rings. The zero-order valence-corrected chi connectivity index (χ0v) is 10.4. The Morgan fingerprint density at radius 1 is 1.18 bits per heavy atom. The second-order valence-corrected chi connectivity index (χ2v) is 4.26. The highest BCUT2D eigenvalue weighted by Gasteiger charge is 2.10. The maximum Gasteiger partial charge on any atom is 0.0358 e. The molecule has 1 atom stereocenters. The van der Waals surface area contributed by atoms with E-state index in [0.717, 1.165) is 6.42 Å². The molecule has 1 heterocycles. The van der Waals surface area contributed by atoms with E-state index in [-0.39, 0.29) is 0 Å². The average Bonchev–Trinajstić information content (AvgIpc) is 2.39. The van der Waals surface area contributed by atoms with E-state index in [1.165, 1.54) is 16.7 Å². The first-order valence-corrected chi connectivity index (χ1v) is 5.93. The van der Waals surface area contributed by atoms with Crippen LogP contribution in [0.1, 0.15) is 22.7 Å². The van der Waals surface area contributed by atoms with Gasteiger partial charge in [0.1, 0.15) is 0 Å². The Hall–Kier alpha value is -1.67. The summed E-state index contributed by atoms with van der Waals surface area (Å²) in [7, 11) is 2.01. The first-order chi connectivity index (χ1) is 8.31. The molecule has 17 heavy (non-hydrogen) atoms. The number of aryl methyl sites for hydroxylation is 1. The van der Waals surface area contributed by atoms with Crippen LogP contribution in [0.25, 0.3) is 0 Å². The highest BCUT2D eigenvalue weighted by molar-refractivity contribution is 5.26. The Bertz CT molecular complexity index is 465. The van der Waals surface area contributed by atoms with Gasteiger partial charge in [-0.2, -0.15) is 0 Å². The fraction of sp³-hybridized carbons (Fsp3) is 0.267. The van der Waals surface area contributed by atoms with Gasteiger partial charge in [0, 0.05) is 18.4 Å². The zero-order valence-electron chi connectivity index (χ0n) is 10.4. The van der Waals surface area contributed by atoms with Gasteiger partial charge in [0.05, 0.1) is 0 Å². The molecule has 0 aliphatic heterocycles. The quantitative estimate of drug-likeness (QED) is 0.867. The number of nitrogens with zero attached hydrogens (tertiary/aromatic N) is 1. The lowest BCUT2D eigenvalue weighted by Crippen LogP contribution is -2.19. The number of hydrogen-bond acceptors (Lipinski definition) is 2. The van der Waals surface area contributed by atoms with Crippen molar-refractivity contribution in [2.24, 2.45) is 0 Å². The van der Waals surface area contributed by atoms with E-state index in [9.17, 15) is 0 Å². The molecule has 0 saturated heterocycles. The van der Waals surface area contributed by atoms with Crippen LogP contribution in [0.15, 0.2) is 48.8 Å². The van der Waals surface area contributed by atoms with Gasteiger partial charge in [0.15, 0.2) is 0 Å². The topological polar surface area (TPSA) is 24.9 Å². The number of hydrogen-bond donors (Lipinski definition) is 1. The molecule has 2 rings (SSSR count). The third-order valence-electron chi connectivity index (χ3n) is 3.11. The van der Waals surface area contributed by atoms with Gasteiger partial charge in [0.2, 0.25) is 0 Å². The normalized spacial score (nSPS) is 12.4. The van der Waals surface area contributed by atoms with Crippen LogP contribution < -0.4 is 5.32 Å².